The molecule has 1 aromatic rings. The monoisotopic (exact) mass is 256 g/mol. The van der Waals surface area contributed by atoms with Crippen molar-refractivity contribution in [2.75, 3.05) is 6.54 Å². The first kappa shape index (κ1) is 11.6. The summed E-state index contributed by atoms with van der Waals surface area (Å²) < 4.78 is 0. The highest BCUT2D eigenvalue weighted by Gasteiger charge is 2.12. The minimum absolute atomic E-state index is 0.523. The molecule has 0 amide bonds. The Bertz CT molecular complexity index is 415. The fourth-order valence-electron chi connectivity index (χ4n) is 1.85. The van der Waals surface area contributed by atoms with Gasteiger partial charge in [0.05, 0.1) is 15.9 Å². The highest BCUT2D eigenvalue weighted by molar-refractivity contribution is 6.42. The normalized spacial score (nSPS) is 19.4. The highest BCUT2D eigenvalue weighted by atomic mass is 35.5. The summed E-state index contributed by atoms with van der Waals surface area (Å²) in [6.07, 6.45) is 4.15. The molecule has 1 atom stereocenters. The molecular weight excluding hydrogens is 243 g/mol. The molecular formula is C12H14Cl2N2. The van der Waals surface area contributed by atoms with E-state index in [4.69, 9.17) is 28.9 Å². The lowest BCUT2D eigenvalue weighted by atomic mass is 10.0. The Kier molecular flexibility index (Phi) is 3.62. The van der Waals surface area contributed by atoms with Gasteiger partial charge < -0.3 is 11.1 Å². The maximum Gasteiger partial charge on any atom is 0.0922 e. The molecule has 0 unspecified atom stereocenters. The molecule has 1 aromatic carbocycles. The quantitative estimate of drug-likeness (QED) is 0.873. The third-order valence-electron chi connectivity index (χ3n) is 2.77. The first-order valence-corrected chi connectivity index (χ1v) is 6.06. The number of nitrogens with two attached hydrogens (primary N) is 1. The molecule has 0 spiro atoms. The topological polar surface area (TPSA) is 38.0 Å². The number of rotatable bonds is 3. The van der Waals surface area contributed by atoms with Crippen molar-refractivity contribution in [3.8, 4) is 0 Å². The molecule has 0 saturated carbocycles. The number of hydrogen-bond donors (Lipinski definition) is 2. The van der Waals surface area contributed by atoms with E-state index in [-0.39, 0.29) is 0 Å². The molecule has 0 bridgehead atoms. The Morgan fingerprint density at radius 2 is 2.12 bits per heavy atom. The molecule has 86 valence electrons. The van der Waals surface area contributed by atoms with E-state index in [1.165, 1.54) is 5.56 Å². The van der Waals surface area contributed by atoms with Gasteiger partial charge in [0.15, 0.2) is 0 Å². The molecule has 2 rings (SSSR count). The minimum atomic E-state index is 0.523. The predicted octanol–water partition coefficient (Wildman–Crippen LogP) is 2.95. The summed E-state index contributed by atoms with van der Waals surface area (Å²) in [4.78, 5) is 0. The standard InChI is InChI=1S/C12H14Cl2N2/c13-10-4-3-8(5-11(10)14)1-2-9-6-12(15)16-7-9/h3-6,9,16H,1-2,7,15H2/t9-/m0/s1. The molecule has 3 N–H and O–H groups in total. The van der Waals surface area contributed by atoms with Crippen LogP contribution < -0.4 is 11.1 Å². The van der Waals surface area contributed by atoms with Crippen molar-refractivity contribution in [3.63, 3.8) is 0 Å². The smallest absolute Gasteiger partial charge is 0.0922 e. The molecule has 0 aromatic heterocycles. The van der Waals surface area contributed by atoms with Gasteiger partial charge in [0.25, 0.3) is 0 Å². The van der Waals surface area contributed by atoms with E-state index in [9.17, 15) is 0 Å². The molecule has 0 aliphatic carbocycles. The molecule has 1 heterocycles. The molecule has 0 saturated heterocycles. The zero-order valence-electron chi connectivity index (χ0n) is 8.84. The molecule has 4 heteroatoms. The van der Waals surface area contributed by atoms with Gasteiger partial charge in [-0.3, -0.25) is 0 Å². The number of hydrogen-bond acceptors (Lipinski definition) is 2. The zero-order chi connectivity index (χ0) is 11.5. The SMILES string of the molecule is NC1=C[C@H](CCc2ccc(Cl)c(Cl)c2)CN1. The number of nitrogens with one attached hydrogen (secondary N) is 1. The van der Waals surface area contributed by atoms with Crippen molar-refractivity contribution in [3.05, 3.63) is 45.7 Å². The Morgan fingerprint density at radius 3 is 2.75 bits per heavy atom. The average molecular weight is 257 g/mol. The van der Waals surface area contributed by atoms with E-state index in [1.807, 2.05) is 18.2 Å². The van der Waals surface area contributed by atoms with Gasteiger partial charge >= 0.3 is 0 Å². The molecule has 16 heavy (non-hydrogen) atoms. The van der Waals surface area contributed by atoms with Gasteiger partial charge in [0.2, 0.25) is 0 Å². The minimum Gasteiger partial charge on any atom is -0.386 e. The van der Waals surface area contributed by atoms with Crippen LogP contribution in [-0.4, -0.2) is 6.54 Å². The van der Waals surface area contributed by atoms with Gasteiger partial charge in [0, 0.05) is 6.54 Å². The van der Waals surface area contributed by atoms with E-state index >= 15 is 0 Å². The maximum atomic E-state index is 5.96. The largest absolute Gasteiger partial charge is 0.386 e. The number of aryl methyl sites for hydroxylation is 1. The fourth-order valence-corrected chi connectivity index (χ4v) is 2.17. The van der Waals surface area contributed by atoms with Crippen LogP contribution in [0, 0.1) is 5.92 Å². The van der Waals surface area contributed by atoms with Crippen LogP contribution in [0.15, 0.2) is 30.1 Å². The second kappa shape index (κ2) is 4.98. The van der Waals surface area contributed by atoms with Gasteiger partial charge in [-0.05, 0) is 42.5 Å². The molecule has 1 aliphatic heterocycles. The van der Waals surface area contributed by atoms with Crippen LogP contribution in [-0.2, 0) is 6.42 Å². The Balaban J connectivity index is 1.92. The van der Waals surface area contributed by atoms with E-state index in [0.29, 0.717) is 16.0 Å². The molecule has 1 aliphatic rings. The second-order valence-electron chi connectivity index (χ2n) is 4.05. The molecule has 0 fully saturated rings. The van der Waals surface area contributed by atoms with Crippen LogP contribution in [0.1, 0.15) is 12.0 Å². The van der Waals surface area contributed by atoms with Crippen LogP contribution in [0.3, 0.4) is 0 Å². The van der Waals surface area contributed by atoms with Gasteiger partial charge in [-0.1, -0.05) is 29.3 Å². The summed E-state index contributed by atoms with van der Waals surface area (Å²) in [6, 6.07) is 5.79. The summed E-state index contributed by atoms with van der Waals surface area (Å²) in [5.41, 5.74) is 6.87. The summed E-state index contributed by atoms with van der Waals surface area (Å²) in [5, 5.41) is 4.35. The number of halogens is 2. The van der Waals surface area contributed by atoms with Crippen molar-refractivity contribution in [1.82, 2.24) is 5.32 Å². The second-order valence-corrected chi connectivity index (χ2v) is 4.86. The Hall–Kier alpha value is -0.860. The zero-order valence-corrected chi connectivity index (χ0v) is 10.4. The third-order valence-corrected chi connectivity index (χ3v) is 3.51. The van der Waals surface area contributed by atoms with Crippen molar-refractivity contribution < 1.29 is 0 Å². The Labute approximate surface area is 105 Å². The molecule has 0 radical (unpaired) electrons. The van der Waals surface area contributed by atoms with Crippen LogP contribution in [0.5, 0.6) is 0 Å². The van der Waals surface area contributed by atoms with Crippen molar-refractivity contribution >= 4 is 23.2 Å². The van der Waals surface area contributed by atoms with E-state index in [1.54, 1.807) is 0 Å². The lowest BCUT2D eigenvalue weighted by Gasteiger charge is -2.07. The highest BCUT2D eigenvalue weighted by Crippen LogP contribution is 2.24. The molecule has 2 nitrogen and oxygen atoms in total. The first-order valence-electron chi connectivity index (χ1n) is 5.30. The van der Waals surface area contributed by atoms with Crippen LogP contribution in [0.4, 0.5) is 0 Å². The van der Waals surface area contributed by atoms with Crippen LogP contribution in [0.25, 0.3) is 0 Å². The van der Waals surface area contributed by atoms with Gasteiger partial charge in [-0.25, -0.2) is 0 Å². The predicted molar refractivity (Wildman–Crippen MR) is 68.5 cm³/mol. The maximum absolute atomic E-state index is 5.96. The first-order chi connectivity index (χ1) is 7.65. The van der Waals surface area contributed by atoms with Crippen molar-refractivity contribution in [1.29, 1.82) is 0 Å². The summed E-state index contributed by atoms with van der Waals surface area (Å²) in [6.45, 7) is 0.938. The van der Waals surface area contributed by atoms with Gasteiger partial charge in [0.1, 0.15) is 0 Å². The summed E-state index contributed by atoms with van der Waals surface area (Å²) in [7, 11) is 0. The van der Waals surface area contributed by atoms with E-state index in [2.05, 4.69) is 11.4 Å². The van der Waals surface area contributed by atoms with Crippen molar-refractivity contribution in [2.45, 2.75) is 12.8 Å². The van der Waals surface area contributed by atoms with Crippen molar-refractivity contribution in [2.24, 2.45) is 11.7 Å². The van der Waals surface area contributed by atoms with E-state index in [0.717, 1.165) is 25.2 Å². The Morgan fingerprint density at radius 1 is 1.31 bits per heavy atom. The summed E-state index contributed by atoms with van der Waals surface area (Å²) in [5.74, 6) is 1.31. The fraction of sp³-hybridized carbons (Fsp3) is 0.333. The van der Waals surface area contributed by atoms with Gasteiger partial charge in [-0.15, -0.1) is 0 Å². The lowest BCUT2D eigenvalue weighted by molar-refractivity contribution is 0.596. The van der Waals surface area contributed by atoms with Crippen LogP contribution >= 0.6 is 23.2 Å². The number of benzene rings is 1. The third kappa shape index (κ3) is 2.83. The van der Waals surface area contributed by atoms with E-state index < -0.39 is 0 Å². The van der Waals surface area contributed by atoms with Crippen LogP contribution in [0.2, 0.25) is 10.0 Å². The average Bonchev–Trinajstić information content (AvgIpc) is 2.66. The lowest BCUT2D eigenvalue weighted by Crippen LogP contribution is -2.16. The summed E-state index contributed by atoms with van der Waals surface area (Å²) >= 11 is 11.8. The van der Waals surface area contributed by atoms with Gasteiger partial charge in [-0.2, -0.15) is 0 Å².